The number of aryl methyl sites for hydroxylation is 2. The molecule has 0 spiro atoms. The molecule has 2 amide bonds. The summed E-state index contributed by atoms with van der Waals surface area (Å²) in [5.41, 5.74) is 8.47. The number of carbonyl (C=O) groups is 2. The molecule has 3 aromatic rings. The lowest BCUT2D eigenvalue weighted by Crippen LogP contribution is -3.06. The van der Waals surface area contributed by atoms with E-state index in [0.29, 0.717) is 35.4 Å². The van der Waals surface area contributed by atoms with Gasteiger partial charge in [-0.25, -0.2) is 0 Å². The van der Waals surface area contributed by atoms with Crippen molar-refractivity contribution in [1.82, 2.24) is 4.90 Å². The van der Waals surface area contributed by atoms with Crippen LogP contribution < -0.4 is 20.8 Å². The van der Waals surface area contributed by atoms with Gasteiger partial charge in [-0.05, 0) is 54.8 Å². The third kappa shape index (κ3) is 4.21. The summed E-state index contributed by atoms with van der Waals surface area (Å²) in [6.07, 6.45) is 0. The fraction of sp³-hybridized carbons (Fsp3) is 0.320. The monoisotopic (exact) mass is 450 g/mol. The Kier molecular flexibility index (Phi) is 5.95. The molecule has 1 atom stereocenters. The van der Waals surface area contributed by atoms with E-state index in [9.17, 15) is 14.4 Å². The van der Waals surface area contributed by atoms with Crippen molar-refractivity contribution in [1.29, 1.82) is 0 Å². The summed E-state index contributed by atoms with van der Waals surface area (Å²) < 4.78 is 11.4. The van der Waals surface area contributed by atoms with Crippen LogP contribution >= 0.6 is 0 Å². The van der Waals surface area contributed by atoms with Gasteiger partial charge in [0.1, 0.15) is 11.3 Å². The number of carbonyl (C=O) groups excluding carboxylic acids is 2. The first-order valence-corrected chi connectivity index (χ1v) is 10.9. The van der Waals surface area contributed by atoms with Crippen molar-refractivity contribution < 1.29 is 23.6 Å². The standard InChI is InChI=1S/C25H27N3O5/c1-14-11-18-19(12-15(14)2)33-24-21(23(18)30)22(28(25(24)31)10-9-27(3)4)16-5-7-17(8-6-16)32-13-20(26)29/h5-8,11-12,22H,9-10,13H2,1-4H3,(H2,26,29)/p+1. The number of fused-ring (bicyclic) bond motifs is 2. The molecular weight excluding hydrogens is 422 g/mol. The van der Waals surface area contributed by atoms with Gasteiger partial charge in [0.25, 0.3) is 11.8 Å². The highest BCUT2D eigenvalue weighted by atomic mass is 16.5. The van der Waals surface area contributed by atoms with Crippen LogP contribution in [0.3, 0.4) is 0 Å². The van der Waals surface area contributed by atoms with Crippen molar-refractivity contribution in [2.24, 2.45) is 5.73 Å². The minimum Gasteiger partial charge on any atom is -0.484 e. The number of primary amides is 1. The van der Waals surface area contributed by atoms with Crippen molar-refractivity contribution in [3.63, 3.8) is 0 Å². The van der Waals surface area contributed by atoms with E-state index in [-0.39, 0.29) is 23.7 Å². The third-order valence-corrected chi connectivity index (χ3v) is 6.01. The third-order valence-electron chi connectivity index (χ3n) is 6.01. The van der Waals surface area contributed by atoms with Crippen LogP contribution in [0.2, 0.25) is 0 Å². The molecule has 1 unspecified atom stereocenters. The van der Waals surface area contributed by atoms with E-state index in [1.54, 1.807) is 29.2 Å². The fourth-order valence-corrected chi connectivity index (χ4v) is 4.10. The van der Waals surface area contributed by atoms with Crippen LogP contribution in [0.1, 0.15) is 38.9 Å². The lowest BCUT2D eigenvalue weighted by molar-refractivity contribution is -0.857. The smallest absolute Gasteiger partial charge is 0.291 e. The molecule has 0 saturated heterocycles. The summed E-state index contributed by atoms with van der Waals surface area (Å²) in [7, 11) is 4.02. The van der Waals surface area contributed by atoms with Gasteiger partial charge in [-0.1, -0.05) is 12.1 Å². The highest BCUT2D eigenvalue weighted by Crippen LogP contribution is 2.38. The summed E-state index contributed by atoms with van der Waals surface area (Å²) in [5.74, 6) is -0.282. The Labute approximate surface area is 191 Å². The van der Waals surface area contributed by atoms with E-state index < -0.39 is 11.9 Å². The van der Waals surface area contributed by atoms with Gasteiger partial charge in [-0.3, -0.25) is 14.4 Å². The number of benzene rings is 2. The molecule has 1 aromatic heterocycles. The molecule has 4 rings (SSSR count). The van der Waals surface area contributed by atoms with Gasteiger partial charge >= 0.3 is 0 Å². The van der Waals surface area contributed by atoms with E-state index in [1.807, 2.05) is 40.1 Å². The van der Waals surface area contributed by atoms with Gasteiger partial charge < -0.3 is 24.7 Å². The molecule has 33 heavy (non-hydrogen) atoms. The lowest BCUT2D eigenvalue weighted by Gasteiger charge is -2.25. The first kappa shape index (κ1) is 22.5. The molecule has 0 radical (unpaired) electrons. The van der Waals surface area contributed by atoms with Crippen LogP contribution in [0.15, 0.2) is 45.6 Å². The second-order valence-corrected chi connectivity index (χ2v) is 8.79. The van der Waals surface area contributed by atoms with E-state index in [4.69, 9.17) is 14.9 Å². The quantitative estimate of drug-likeness (QED) is 0.558. The molecule has 0 fully saturated rings. The zero-order valence-corrected chi connectivity index (χ0v) is 19.2. The summed E-state index contributed by atoms with van der Waals surface area (Å²) in [6, 6.07) is 10.1. The van der Waals surface area contributed by atoms with E-state index in [0.717, 1.165) is 16.7 Å². The van der Waals surface area contributed by atoms with Gasteiger partial charge in [0.2, 0.25) is 5.76 Å². The number of nitrogens with two attached hydrogens (primary N) is 1. The summed E-state index contributed by atoms with van der Waals surface area (Å²) in [5, 5.41) is 0.469. The second-order valence-electron chi connectivity index (χ2n) is 8.79. The second kappa shape index (κ2) is 8.71. The number of rotatable bonds is 7. The maximum absolute atomic E-state index is 13.6. The van der Waals surface area contributed by atoms with Gasteiger partial charge in [-0.15, -0.1) is 0 Å². The number of nitrogens with one attached hydrogen (secondary N) is 1. The van der Waals surface area contributed by atoms with Gasteiger partial charge in [0.05, 0.1) is 44.2 Å². The van der Waals surface area contributed by atoms with Crippen LogP contribution in [-0.4, -0.2) is 50.5 Å². The summed E-state index contributed by atoms with van der Waals surface area (Å²) in [6.45, 7) is 4.84. The topological polar surface area (TPSA) is 107 Å². The van der Waals surface area contributed by atoms with Crippen molar-refractivity contribution in [2.45, 2.75) is 19.9 Å². The van der Waals surface area contributed by atoms with E-state index >= 15 is 0 Å². The average Bonchev–Trinajstić information content (AvgIpc) is 3.04. The van der Waals surface area contributed by atoms with Crippen LogP contribution in [0.5, 0.6) is 5.75 Å². The Morgan fingerprint density at radius 2 is 1.79 bits per heavy atom. The zero-order valence-electron chi connectivity index (χ0n) is 19.2. The summed E-state index contributed by atoms with van der Waals surface area (Å²) in [4.78, 5) is 40.9. The van der Waals surface area contributed by atoms with Crippen molar-refractivity contribution in [2.75, 3.05) is 33.8 Å². The first-order valence-electron chi connectivity index (χ1n) is 10.9. The molecule has 1 aliphatic heterocycles. The molecule has 0 saturated carbocycles. The normalized spacial score (nSPS) is 15.4. The predicted molar refractivity (Wildman–Crippen MR) is 124 cm³/mol. The van der Waals surface area contributed by atoms with Crippen LogP contribution in [-0.2, 0) is 4.79 Å². The molecule has 172 valence electrons. The molecule has 3 N–H and O–H groups in total. The molecule has 8 nitrogen and oxygen atoms in total. The van der Waals surface area contributed by atoms with Crippen LogP contribution in [0, 0.1) is 13.8 Å². The number of quaternary nitrogens is 1. The first-order chi connectivity index (χ1) is 15.7. The number of likely N-dealkylation sites (N-methyl/N-ethyl adjacent to an activating group) is 1. The average molecular weight is 451 g/mol. The van der Waals surface area contributed by atoms with E-state index in [2.05, 4.69) is 0 Å². The maximum Gasteiger partial charge on any atom is 0.291 e. The van der Waals surface area contributed by atoms with Gasteiger partial charge in [-0.2, -0.15) is 0 Å². The molecular formula is C25H28N3O5+. The predicted octanol–water partition coefficient (Wildman–Crippen LogP) is 0.964. The largest absolute Gasteiger partial charge is 0.484 e. The Hall–Kier alpha value is -3.65. The SMILES string of the molecule is Cc1cc2oc3c(c(=O)c2cc1C)C(c1ccc(OCC(N)=O)cc1)N(CC[NH+](C)C)C3=O. The van der Waals surface area contributed by atoms with Crippen LogP contribution in [0.4, 0.5) is 0 Å². The molecule has 0 aliphatic carbocycles. The number of hydrogen-bond donors (Lipinski definition) is 2. The Morgan fingerprint density at radius 1 is 1.12 bits per heavy atom. The molecule has 2 heterocycles. The zero-order chi connectivity index (χ0) is 23.9. The number of amides is 2. The van der Waals surface area contributed by atoms with Gasteiger partial charge in [0.15, 0.2) is 12.0 Å². The molecule has 1 aliphatic rings. The highest BCUT2D eigenvalue weighted by Gasteiger charge is 2.42. The summed E-state index contributed by atoms with van der Waals surface area (Å²) >= 11 is 0. The lowest BCUT2D eigenvalue weighted by atomic mass is 9.97. The van der Waals surface area contributed by atoms with Crippen LogP contribution in [0.25, 0.3) is 11.0 Å². The number of nitrogens with zero attached hydrogens (tertiary/aromatic N) is 1. The molecule has 0 bridgehead atoms. The van der Waals surface area contributed by atoms with E-state index in [1.165, 1.54) is 4.90 Å². The number of hydrogen-bond acceptors (Lipinski definition) is 5. The van der Waals surface area contributed by atoms with Crippen molar-refractivity contribution in [3.05, 3.63) is 74.6 Å². The molecule has 8 heteroatoms. The highest BCUT2D eigenvalue weighted by molar-refractivity contribution is 5.99. The fourth-order valence-electron chi connectivity index (χ4n) is 4.10. The minimum atomic E-state index is -0.570. The Morgan fingerprint density at radius 3 is 2.42 bits per heavy atom. The Balaban J connectivity index is 1.84. The Bertz CT molecular complexity index is 1290. The van der Waals surface area contributed by atoms with Crippen molar-refractivity contribution >= 4 is 22.8 Å². The van der Waals surface area contributed by atoms with Gasteiger partial charge in [0, 0.05) is 0 Å². The van der Waals surface area contributed by atoms with Crippen molar-refractivity contribution in [3.8, 4) is 5.75 Å². The number of ether oxygens (including phenoxy) is 1. The maximum atomic E-state index is 13.6. The molecule has 2 aromatic carbocycles. The minimum absolute atomic E-state index is 0.101.